The number of ketones is 1. The summed E-state index contributed by atoms with van der Waals surface area (Å²) in [4.78, 5) is 15.0. The Morgan fingerprint density at radius 2 is 1.69 bits per heavy atom. The van der Waals surface area contributed by atoms with Gasteiger partial charge in [0, 0.05) is 6.08 Å². The number of phenols is 1. The van der Waals surface area contributed by atoms with E-state index in [9.17, 15) is 9.90 Å². The van der Waals surface area contributed by atoms with Gasteiger partial charge in [-0.05, 0) is 36.4 Å². The van der Waals surface area contributed by atoms with Gasteiger partial charge in [-0.3, -0.25) is 4.79 Å². The van der Waals surface area contributed by atoms with Crippen LogP contribution in [0.2, 0.25) is 0 Å². The summed E-state index contributed by atoms with van der Waals surface area (Å²) in [7, 11) is 0. The average Bonchev–Trinajstić information content (AvgIpc) is 2.25. The number of phenolic OH excluding ortho intramolecular Hbond substituents is 1. The normalized spacial score (nSPS) is 17.6. The molecule has 0 aromatic heterocycles. The maximum atomic E-state index is 10.9. The lowest BCUT2D eigenvalue weighted by atomic mass is 10.1. The number of benzene rings is 1. The number of allylic oxidation sites excluding steroid dienone is 3. The van der Waals surface area contributed by atoms with E-state index in [-0.39, 0.29) is 17.3 Å². The molecule has 1 aromatic carbocycles. The molecule has 2 rings (SSSR count). The Hall–Kier alpha value is -2.36. The van der Waals surface area contributed by atoms with Gasteiger partial charge in [-0.15, -0.1) is 0 Å². The minimum absolute atomic E-state index is 0.151. The maximum Gasteiger partial charge on any atom is 0.182 e. The van der Waals surface area contributed by atoms with Crippen LogP contribution in [0.3, 0.4) is 0 Å². The Morgan fingerprint density at radius 3 is 2.31 bits per heavy atom. The van der Waals surface area contributed by atoms with Crippen LogP contribution < -0.4 is 0 Å². The van der Waals surface area contributed by atoms with E-state index in [1.54, 1.807) is 12.1 Å². The molecule has 1 aliphatic rings. The molecule has 2 N–H and O–H groups in total. The summed E-state index contributed by atoms with van der Waals surface area (Å²) in [6.07, 6.45) is 3.89. The highest BCUT2D eigenvalue weighted by molar-refractivity contribution is 6.19. The molecule has 0 aliphatic heterocycles. The topological polar surface area (TPSA) is 69.9 Å². The molecule has 0 atom stereocenters. The fourth-order valence-electron chi connectivity index (χ4n) is 1.26. The Labute approximate surface area is 91.9 Å². The van der Waals surface area contributed by atoms with E-state index in [2.05, 4.69) is 4.99 Å². The number of carbonyl (C=O) groups excluding carboxylic acids is 1. The lowest BCUT2D eigenvalue weighted by Crippen LogP contribution is -2.06. The monoisotopic (exact) mass is 215 g/mol. The summed E-state index contributed by atoms with van der Waals surface area (Å²) in [5, 5.41) is 18.5. The standard InChI is InChI=1S/C12H9NO3/c14-9-3-1-8(2-4-9)13-11-6-5-10(15)7-12(11)16/h1-7,14,16H. The molecule has 4 nitrogen and oxygen atoms in total. The van der Waals surface area contributed by atoms with Crippen molar-refractivity contribution < 1.29 is 15.0 Å². The highest BCUT2D eigenvalue weighted by Crippen LogP contribution is 2.18. The van der Waals surface area contributed by atoms with Crippen LogP contribution >= 0.6 is 0 Å². The summed E-state index contributed by atoms with van der Waals surface area (Å²) in [5.41, 5.74) is 0.914. The molecule has 0 bridgehead atoms. The first-order valence-corrected chi connectivity index (χ1v) is 4.66. The third-order valence-corrected chi connectivity index (χ3v) is 2.05. The molecular formula is C12H9NO3. The fourth-order valence-corrected chi connectivity index (χ4v) is 1.26. The van der Waals surface area contributed by atoms with Gasteiger partial charge in [0.15, 0.2) is 5.78 Å². The van der Waals surface area contributed by atoms with Gasteiger partial charge >= 0.3 is 0 Å². The van der Waals surface area contributed by atoms with E-state index >= 15 is 0 Å². The van der Waals surface area contributed by atoms with Crippen LogP contribution in [0.1, 0.15) is 0 Å². The van der Waals surface area contributed by atoms with E-state index in [4.69, 9.17) is 5.11 Å². The van der Waals surface area contributed by atoms with Crippen LogP contribution in [0.25, 0.3) is 0 Å². The largest absolute Gasteiger partial charge is 0.508 e. The van der Waals surface area contributed by atoms with Crippen LogP contribution in [0.4, 0.5) is 5.69 Å². The summed E-state index contributed by atoms with van der Waals surface area (Å²) < 4.78 is 0. The number of rotatable bonds is 1. The zero-order chi connectivity index (χ0) is 11.5. The number of hydrogen-bond donors (Lipinski definition) is 2. The van der Waals surface area contributed by atoms with Crippen LogP contribution in [-0.4, -0.2) is 21.7 Å². The minimum Gasteiger partial charge on any atom is -0.508 e. The summed E-state index contributed by atoms with van der Waals surface area (Å²) in [5.74, 6) is -0.263. The van der Waals surface area contributed by atoms with Crippen molar-refractivity contribution in [2.45, 2.75) is 0 Å². The highest BCUT2D eigenvalue weighted by atomic mass is 16.3. The van der Waals surface area contributed by atoms with Crippen molar-refractivity contribution in [3.8, 4) is 5.75 Å². The third kappa shape index (κ3) is 2.17. The zero-order valence-electron chi connectivity index (χ0n) is 8.29. The van der Waals surface area contributed by atoms with Crippen molar-refractivity contribution in [2.75, 3.05) is 0 Å². The number of aliphatic hydroxyl groups is 1. The van der Waals surface area contributed by atoms with Gasteiger partial charge in [0.25, 0.3) is 0 Å². The van der Waals surface area contributed by atoms with Crippen molar-refractivity contribution in [1.29, 1.82) is 0 Å². The number of nitrogens with zero attached hydrogens (tertiary/aromatic N) is 1. The van der Waals surface area contributed by atoms with Gasteiger partial charge in [-0.2, -0.15) is 0 Å². The van der Waals surface area contributed by atoms with Crippen LogP contribution in [0, 0.1) is 0 Å². The number of aliphatic hydroxyl groups excluding tert-OH is 1. The van der Waals surface area contributed by atoms with E-state index in [0.29, 0.717) is 11.4 Å². The lowest BCUT2D eigenvalue weighted by Gasteiger charge is -2.04. The average molecular weight is 215 g/mol. The third-order valence-electron chi connectivity index (χ3n) is 2.05. The molecular weight excluding hydrogens is 206 g/mol. The second-order valence-corrected chi connectivity index (χ2v) is 3.28. The van der Waals surface area contributed by atoms with Crippen LogP contribution in [0.15, 0.2) is 53.2 Å². The Balaban J connectivity index is 2.32. The number of hydrogen-bond acceptors (Lipinski definition) is 4. The predicted octanol–water partition coefficient (Wildman–Crippen LogP) is 2.05. The summed E-state index contributed by atoms with van der Waals surface area (Å²) in [6.45, 7) is 0. The lowest BCUT2D eigenvalue weighted by molar-refractivity contribution is -0.110. The predicted molar refractivity (Wildman–Crippen MR) is 60.1 cm³/mol. The molecule has 4 heteroatoms. The maximum absolute atomic E-state index is 10.9. The molecule has 0 unspecified atom stereocenters. The quantitative estimate of drug-likeness (QED) is 0.704. The number of aliphatic imine (C=N–C) groups is 1. The summed E-state index contributed by atoms with van der Waals surface area (Å²) >= 11 is 0. The van der Waals surface area contributed by atoms with Crippen LogP contribution in [-0.2, 0) is 4.79 Å². The van der Waals surface area contributed by atoms with Crippen molar-refractivity contribution in [2.24, 2.45) is 4.99 Å². The Bertz CT molecular complexity index is 510. The van der Waals surface area contributed by atoms with Crippen molar-refractivity contribution in [3.63, 3.8) is 0 Å². The van der Waals surface area contributed by atoms with Crippen molar-refractivity contribution >= 4 is 17.2 Å². The van der Waals surface area contributed by atoms with Gasteiger partial charge in [0.05, 0.1) is 5.69 Å². The minimum atomic E-state index is -0.262. The van der Waals surface area contributed by atoms with Gasteiger partial charge in [-0.1, -0.05) is 0 Å². The van der Waals surface area contributed by atoms with Crippen LogP contribution in [0.5, 0.6) is 5.75 Å². The molecule has 0 saturated carbocycles. The van der Waals surface area contributed by atoms with Gasteiger partial charge in [-0.25, -0.2) is 4.99 Å². The molecule has 0 amide bonds. The fraction of sp³-hybridized carbons (Fsp3) is 0. The van der Waals surface area contributed by atoms with E-state index in [0.717, 1.165) is 6.08 Å². The Morgan fingerprint density at radius 1 is 1.00 bits per heavy atom. The SMILES string of the molecule is O=C1C=CC(=Nc2ccc(O)cc2)C(O)=C1. The zero-order valence-corrected chi connectivity index (χ0v) is 8.29. The molecule has 0 fully saturated rings. The first-order valence-electron chi connectivity index (χ1n) is 4.66. The first-order chi connectivity index (χ1) is 7.65. The van der Waals surface area contributed by atoms with Gasteiger partial charge in [0.1, 0.15) is 17.2 Å². The molecule has 1 aliphatic carbocycles. The van der Waals surface area contributed by atoms with Gasteiger partial charge < -0.3 is 10.2 Å². The smallest absolute Gasteiger partial charge is 0.182 e. The number of carbonyl (C=O) groups is 1. The van der Waals surface area contributed by atoms with Crippen molar-refractivity contribution in [3.05, 3.63) is 48.3 Å². The van der Waals surface area contributed by atoms with Gasteiger partial charge in [0.2, 0.25) is 0 Å². The van der Waals surface area contributed by atoms with E-state index < -0.39 is 0 Å². The summed E-state index contributed by atoms with van der Waals surface area (Å²) in [6, 6.07) is 6.22. The van der Waals surface area contributed by atoms with E-state index in [1.807, 2.05) is 0 Å². The molecule has 0 spiro atoms. The first kappa shape index (κ1) is 10.2. The second kappa shape index (κ2) is 4.02. The molecule has 0 heterocycles. The number of aromatic hydroxyl groups is 1. The molecule has 1 aromatic rings. The molecule has 80 valence electrons. The molecule has 0 saturated heterocycles. The highest BCUT2D eigenvalue weighted by Gasteiger charge is 2.09. The second-order valence-electron chi connectivity index (χ2n) is 3.28. The Kier molecular flexibility index (Phi) is 2.55. The van der Waals surface area contributed by atoms with Crippen molar-refractivity contribution in [1.82, 2.24) is 0 Å². The van der Waals surface area contributed by atoms with E-state index in [1.165, 1.54) is 24.3 Å². The molecule has 0 radical (unpaired) electrons. The molecule has 16 heavy (non-hydrogen) atoms.